The number of nitrogen functional groups attached to an aromatic ring is 1. The molecule has 2 aromatic heterocycles. The molecule has 1 aromatic carbocycles. The average molecular weight is 618 g/mol. The molecule has 1 saturated heterocycles. The molecule has 12 heteroatoms. The van der Waals surface area contributed by atoms with Gasteiger partial charge in [0.1, 0.15) is 18.1 Å². The van der Waals surface area contributed by atoms with Gasteiger partial charge in [0.15, 0.2) is 27.8 Å². The number of rotatable bonds is 9. The zero-order valence-corrected chi connectivity index (χ0v) is 29.3. The number of aromatic nitrogens is 4. The Morgan fingerprint density at radius 1 is 1.00 bits per heavy atom. The van der Waals surface area contributed by atoms with Crippen LogP contribution in [0.4, 0.5) is 5.95 Å². The Balaban J connectivity index is 1.63. The monoisotopic (exact) mass is 617 g/mol. The molecule has 0 radical (unpaired) electrons. The van der Waals surface area contributed by atoms with Crippen LogP contribution in [0.2, 0.25) is 36.3 Å². The zero-order valence-electron chi connectivity index (χ0n) is 26.4. The molecule has 9 nitrogen and oxygen atoms in total. The minimum atomic E-state index is -2.08. The molecular weight excluding hydrogens is 571 g/mol. The van der Waals surface area contributed by atoms with Gasteiger partial charge in [-0.3, -0.25) is 4.57 Å². The van der Waals surface area contributed by atoms with Crippen LogP contribution in [0.5, 0.6) is 11.6 Å². The van der Waals surface area contributed by atoms with Crippen LogP contribution in [-0.2, 0) is 13.6 Å². The lowest BCUT2D eigenvalue weighted by Gasteiger charge is -2.40. The van der Waals surface area contributed by atoms with E-state index in [0.717, 1.165) is 4.90 Å². The first-order valence-electron chi connectivity index (χ1n) is 14.2. The number of hydrogen-bond acceptors (Lipinski definition) is 9. The Hall–Kier alpha value is -1.97. The summed E-state index contributed by atoms with van der Waals surface area (Å²) in [4.78, 5) is 14.7. The summed E-state index contributed by atoms with van der Waals surface area (Å²) >= 11 is 1.67. The molecule has 226 valence electrons. The third kappa shape index (κ3) is 6.99. The fourth-order valence-corrected chi connectivity index (χ4v) is 6.93. The van der Waals surface area contributed by atoms with Crippen LogP contribution < -0.4 is 10.5 Å². The van der Waals surface area contributed by atoms with Crippen molar-refractivity contribution in [2.24, 2.45) is 0 Å². The van der Waals surface area contributed by atoms with Crippen molar-refractivity contribution in [1.29, 1.82) is 0 Å². The van der Waals surface area contributed by atoms with E-state index in [1.807, 2.05) is 35.1 Å². The third-order valence-corrected chi connectivity index (χ3v) is 18.6. The van der Waals surface area contributed by atoms with Gasteiger partial charge in [-0.05, 0) is 66.8 Å². The SMILES string of the molecule is CSc1ccc(Oc2nc(N)nc3c2ncn3C2CC(O[Si](C)(C)C(C)(C)C)C(CO[Si](C)(C)C(C)(C)C)O2)cc1. The van der Waals surface area contributed by atoms with Crippen LogP contribution in [0.15, 0.2) is 35.5 Å². The van der Waals surface area contributed by atoms with Crippen LogP contribution in [0, 0.1) is 0 Å². The number of nitrogens with two attached hydrogens (primary N) is 1. The van der Waals surface area contributed by atoms with E-state index in [9.17, 15) is 0 Å². The van der Waals surface area contributed by atoms with Crippen LogP contribution in [-0.4, -0.2) is 61.2 Å². The van der Waals surface area contributed by atoms with Gasteiger partial charge >= 0.3 is 0 Å². The van der Waals surface area contributed by atoms with Gasteiger partial charge in [-0.25, -0.2) is 4.98 Å². The predicted molar refractivity (Wildman–Crippen MR) is 172 cm³/mol. The maximum atomic E-state index is 6.94. The highest BCUT2D eigenvalue weighted by Gasteiger charge is 2.47. The summed E-state index contributed by atoms with van der Waals surface area (Å²) in [6.45, 7) is 23.1. The van der Waals surface area contributed by atoms with Crippen molar-refractivity contribution in [3.8, 4) is 11.6 Å². The molecule has 0 aliphatic carbocycles. The first-order valence-corrected chi connectivity index (χ1v) is 21.3. The molecule has 3 aromatic rings. The first kappa shape index (κ1) is 32.0. The number of fused-ring (bicyclic) bond motifs is 1. The van der Waals surface area contributed by atoms with Crippen molar-refractivity contribution < 1.29 is 18.3 Å². The fraction of sp³-hybridized carbons (Fsp3) is 0.621. The van der Waals surface area contributed by atoms with Crippen molar-refractivity contribution in [3.63, 3.8) is 0 Å². The van der Waals surface area contributed by atoms with E-state index in [2.05, 4.69) is 82.7 Å². The molecule has 0 bridgehead atoms. The third-order valence-electron chi connectivity index (χ3n) is 8.84. The van der Waals surface area contributed by atoms with Gasteiger partial charge in [0.05, 0.1) is 19.0 Å². The first-order chi connectivity index (χ1) is 18.9. The van der Waals surface area contributed by atoms with Gasteiger partial charge in [0.25, 0.3) is 5.88 Å². The fourth-order valence-electron chi connectivity index (χ4n) is 4.15. The summed E-state index contributed by atoms with van der Waals surface area (Å²) in [5.41, 5.74) is 7.24. The summed E-state index contributed by atoms with van der Waals surface area (Å²) in [6.07, 6.45) is 3.74. The van der Waals surface area contributed by atoms with E-state index in [4.69, 9.17) is 24.1 Å². The van der Waals surface area contributed by atoms with Crippen LogP contribution in [0.1, 0.15) is 54.2 Å². The summed E-state index contributed by atoms with van der Waals surface area (Å²) in [6, 6.07) is 7.81. The van der Waals surface area contributed by atoms with Gasteiger partial charge in [-0.15, -0.1) is 11.8 Å². The second kappa shape index (κ2) is 11.6. The highest BCUT2D eigenvalue weighted by molar-refractivity contribution is 7.98. The summed E-state index contributed by atoms with van der Waals surface area (Å²) in [7, 11) is -4.06. The Bertz CT molecular complexity index is 1350. The minimum Gasteiger partial charge on any atom is -0.437 e. The van der Waals surface area contributed by atoms with E-state index >= 15 is 0 Å². The average Bonchev–Trinajstić information content (AvgIpc) is 3.45. The molecule has 1 fully saturated rings. The molecule has 0 amide bonds. The number of ether oxygens (including phenoxy) is 2. The largest absolute Gasteiger partial charge is 0.437 e. The van der Waals surface area contributed by atoms with E-state index < -0.39 is 16.6 Å². The Morgan fingerprint density at radius 3 is 2.22 bits per heavy atom. The molecule has 4 rings (SSSR count). The zero-order chi connectivity index (χ0) is 30.4. The van der Waals surface area contributed by atoms with E-state index in [0.29, 0.717) is 35.8 Å². The minimum absolute atomic E-state index is 0.0690. The molecule has 3 heterocycles. The highest BCUT2D eigenvalue weighted by atomic mass is 32.2. The Labute approximate surface area is 251 Å². The predicted octanol–water partition coefficient (Wildman–Crippen LogP) is 7.62. The lowest BCUT2D eigenvalue weighted by molar-refractivity contribution is -0.0383. The second-order valence-corrected chi connectivity index (χ2v) is 24.3. The van der Waals surface area contributed by atoms with Crippen molar-refractivity contribution >= 4 is 45.5 Å². The Kier molecular flexibility index (Phi) is 9.05. The molecule has 1 aliphatic rings. The van der Waals surface area contributed by atoms with Crippen molar-refractivity contribution in [2.45, 2.75) is 108 Å². The summed E-state index contributed by atoms with van der Waals surface area (Å²) in [5, 5.41) is 0.168. The standard InChI is InChI=1S/C29H47N5O4SSi2/c1-28(2,3)40(8,9)35-17-22-21(38-41(10,11)29(4,5)6)16-23(37-22)34-18-31-24-25(34)32-27(30)33-26(24)36-19-12-14-20(39-7)15-13-19/h12-15,18,21-23H,16-17H2,1-11H3,(H2,30,32,33). The molecule has 1 aliphatic heterocycles. The van der Waals surface area contributed by atoms with Gasteiger partial charge in [-0.2, -0.15) is 9.97 Å². The van der Waals surface area contributed by atoms with Gasteiger partial charge < -0.3 is 24.1 Å². The quantitative estimate of drug-likeness (QED) is 0.192. The number of anilines is 1. The number of thioether (sulfide) groups is 1. The van der Waals surface area contributed by atoms with Gasteiger partial charge in [0, 0.05) is 11.3 Å². The van der Waals surface area contributed by atoms with E-state index in [-0.39, 0.29) is 34.5 Å². The molecule has 3 unspecified atom stereocenters. The maximum Gasteiger partial charge on any atom is 0.252 e. The Morgan fingerprint density at radius 2 is 1.63 bits per heavy atom. The molecular formula is C29H47N5O4SSi2. The molecule has 2 N–H and O–H groups in total. The molecule has 0 spiro atoms. The maximum absolute atomic E-state index is 6.94. The molecule has 0 saturated carbocycles. The smallest absolute Gasteiger partial charge is 0.252 e. The van der Waals surface area contributed by atoms with Crippen LogP contribution in [0.3, 0.4) is 0 Å². The van der Waals surface area contributed by atoms with Crippen LogP contribution >= 0.6 is 11.8 Å². The number of hydrogen-bond donors (Lipinski definition) is 1. The second-order valence-electron chi connectivity index (χ2n) is 13.8. The summed E-state index contributed by atoms with van der Waals surface area (Å²) < 4.78 is 28.3. The number of imidazole rings is 1. The number of nitrogens with zero attached hydrogens (tertiary/aromatic N) is 4. The normalized spacial score (nSPS) is 20.6. The van der Waals surface area contributed by atoms with Crippen molar-refractivity contribution in [1.82, 2.24) is 19.5 Å². The molecule has 41 heavy (non-hydrogen) atoms. The highest BCUT2D eigenvalue weighted by Crippen LogP contribution is 2.43. The van der Waals surface area contributed by atoms with Gasteiger partial charge in [-0.1, -0.05) is 41.5 Å². The van der Waals surface area contributed by atoms with E-state index in [1.54, 1.807) is 18.1 Å². The topological polar surface area (TPSA) is 107 Å². The molecule has 3 atom stereocenters. The lowest BCUT2D eigenvalue weighted by atomic mass is 10.2. The van der Waals surface area contributed by atoms with Gasteiger partial charge in [0.2, 0.25) is 5.95 Å². The van der Waals surface area contributed by atoms with Crippen molar-refractivity contribution in [2.75, 3.05) is 18.6 Å². The summed E-state index contributed by atoms with van der Waals surface area (Å²) in [5.74, 6) is 1.08. The van der Waals surface area contributed by atoms with Crippen molar-refractivity contribution in [3.05, 3.63) is 30.6 Å². The van der Waals surface area contributed by atoms with Crippen LogP contribution in [0.25, 0.3) is 11.2 Å². The number of benzene rings is 1. The van der Waals surface area contributed by atoms with E-state index in [1.165, 1.54) is 0 Å². The lowest BCUT2D eigenvalue weighted by Crippen LogP contribution is -2.48.